The van der Waals surface area contributed by atoms with Crippen LogP contribution in [0.2, 0.25) is 10.0 Å². The molecular formula is C12H13Cl2NO2. The van der Waals surface area contributed by atoms with Gasteiger partial charge in [0.1, 0.15) is 6.04 Å². The molecule has 1 N–H and O–H groups in total. The van der Waals surface area contributed by atoms with Crippen molar-refractivity contribution in [3.8, 4) is 0 Å². The number of halogens is 2. The maximum Gasteiger partial charge on any atom is 0.320 e. The van der Waals surface area contributed by atoms with E-state index in [9.17, 15) is 4.79 Å². The Morgan fingerprint density at radius 2 is 2.24 bits per heavy atom. The zero-order valence-electron chi connectivity index (χ0n) is 9.20. The Hall–Kier alpha value is -0.770. The summed E-state index contributed by atoms with van der Waals surface area (Å²) in [5.41, 5.74) is 0.921. The Labute approximate surface area is 110 Å². The van der Waals surface area contributed by atoms with E-state index in [1.54, 1.807) is 12.1 Å². The number of likely N-dealkylation sites (tertiary alicyclic amines) is 1. The molecule has 1 atom stereocenters. The van der Waals surface area contributed by atoms with Crippen LogP contribution < -0.4 is 0 Å². The zero-order valence-corrected chi connectivity index (χ0v) is 10.7. The van der Waals surface area contributed by atoms with Gasteiger partial charge in [0.25, 0.3) is 0 Å². The Morgan fingerprint density at radius 3 is 2.88 bits per heavy atom. The normalized spacial score (nSPS) is 20.7. The predicted molar refractivity (Wildman–Crippen MR) is 67.5 cm³/mol. The van der Waals surface area contributed by atoms with Crippen LogP contribution in [0.1, 0.15) is 18.4 Å². The standard InChI is InChI=1S/C12H13Cl2NO2/c13-9-4-3-8(10(14)6-9)7-15-5-1-2-11(15)12(16)17/h3-4,6,11H,1-2,5,7H2,(H,16,17)/t11-/m1/s1. The second kappa shape index (κ2) is 5.25. The summed E-state index contributed by atoms with van der Waals surface area (Å²) < 4.78 is 0. The molecule has 1 saturated heterocycles. The molecule has 2 rings (SSSR count). The highest BCUT2D eigenvalue weighted by atomic mass is 35.5. The SMILES string of the molecule is O=C(O)[C@H]1CCCN1Cc1ccc(Cl)cc1Cl. The number of aliphatic carboxylic acids is 1. The van der Waals surface area contributed by atoms with Gasteiger partial charge in [0.2, 0.25) is 0 Å². The summed E-state index contributed by atoms with van der Waals surface area (Å²) in [6, 6.07) is 4.92. The summed E-state index contributed by atoms with van der Waals surface area (Å²) in [7, 11) is 0. The summed E-state index contributed by atoms with van der Waals surface area (Å²) in [6.45, 7) is 1.36. The minimum Gasteiger partial charge on any atom is -0.480 e. The molecule has 3 nitrogen and oxygen atoms in total. The fraction of sp³-hybridized carbons (Fsp3) is 0.417. The molecule has 0 aromatic heterocycles. The lowest BCUT2D eigenvalue weighted by Gasteiger charge is -2.21. The summed E-state index contributed by atoms with van der Waals surface area (Å²) >= 11 is 11.9. The van der Waals surface area contributed by atoms with Gasteiger partial charge in [0, 0.05) is 16.6 Å². The van der Waals surface area contributed by atoms with Crippen LogP contribution in [-0.2, 0) is 11.3 Å². The maximum atomic E-state index is 11.0. The van der Waals surface area contributed by atoms with Crippen LogP contribution in [-0.4, -0.2) is 28.6 Å². The number of rotatable bonds is 3. The second-order valence-electron chi connectivity index (χ2n) is 4.20. The molecule has 0 radical (unpaired) electrons. The van der Waals surface area contributed by atoms with E-state index < -0.39 is 5.97 Å². The second-order valence-corrected chi connectivity index (χ2v) is 5.05. The monoisotopic (exact) mass is 273 g/mol. The molecule has 92 valence electrons. The van der Waals surface area contributed by atoms with E-state index in [2.05, 4.69) is 0 Å². The van der Waals surface area contributed by atoms with Gasteiger partial charge < -0.3 is 5.11 Å². The van der Waals surface area contributed by atoms with E-state index >= 15 is 0 Å². The Balaban J connectivity index is 2.12. The highest BCUT2D eigenvalue weighted by Crippen LogP contribution is 2.26. The molecule has 17 heavy (non-hydrogen) atoms. The molecule has 1 aromatic carbocycles. The van der Waals surface area contributed by atoms with E-state index in [1.807, 2.05) is 11.0 Å². The molecule has 1 heterocycles. The minimum absolute atomic E-state index is 0.387. The fourth-order valence-corrected chi connectivity index (χ4v) is 2.63. The van der Waals surface area contributed by atoms with Crippen molar-refractivity contribution in [2.45, 2.75) is 25.4 Å². The molecule has 0 aliphatic carbocycles. The average molecular weight is 274 g/mol. The van der Waals surface area contributed by atoms with Gasteiger partial charge in [-0.3, -0.25) is 9.69 Å². The highest BCUT2D eigenvalue weighted by Gasteiger charge is 2.30. The van der Waals surface area contributed by atoms with Crippen LogP contribution in [0.25, 0.3) is 0 Å². The highest BCUT2D eigenvalue weighted by molar-refractivity contribution is 6.35. The largest absolute Gasteiger partial charge is 0.480 e. The molecule has 1 fully saturated rings. The first-order chi connectivity index (χ1) is 8.08. The lowest BCUT2D eigenvalue weighted by molar-refractivity contribution is -0.142. The van der Waals surface area contributed by atoms with Gasteiger partial charge in [-0.1, -0.05) is 29.3 Å². The average Bonchev–Trinajstić information content (AvgIpc) is 2.70. The number of carboxylic acids is 1. The molecule has 1 aromatic rings. The first kappa shape index (κ1) is 12.7. The van der Waals surface area contributed by atoms with Crippen LogP contribution in [0.4, 0.5) is 0 Å². The van der Waals surface area contributed by atoms with Gasteiger partial charge in [0.05, 0.1) is 0 Å². The van der Waals surface area contributed by atoms with Gasteiger partial charge in [0.15, 0.2) is 0 Å². The molecule has 1 aliphatic rings. The van der Waals surface area contributed by atoms with Crippen molar-refractivity contribution < 1.29 is 9.90 Å². The zero-order chi connectivity index (χ0) is 12.4. The van der Waals surface area contributed by atoms with E-state index in [4.69, 9.17) is 28.3 Å². The summed E-state index contributed by atoms with van der Waals surface area (Å²) in [6.07, 6.45) is 1.63. The number of benzene rings is 1. The van der Waals surface area contributed by atoms with Gasteiger partial charge in [-0.05, 0) is 37.1 Å². The summed E-state index contributed by atoms with van der Waals surface area (Å²) in [4.78, 5) is 13.0. The smallest absolute Gasteiger partial charge is 0.320 e. The van der Waals surface area contributed by atoms with Crippen LogP contribution in [0.5, 0.6) is 0 Å². The lowest BCUT2D eigenvalue weighted by atomic mass is 10.2. The lowest BCUT2D eigenvalue weighted by Crippen LogP contribution is -2.35. The third-order valence-corrected chi connectivity index (χ3v) is 3.62. The van der Waals surface area contributed by atoms with E-state index in [0.717, 1.165) is 18.5 Å². The Bertz CT molecular complexity index is 437. The fourth-order valence-electron chi connectivity index (χ4n) is 2.16. The predicted octanol–water partition coefficient (Wildman–Crippen LogP) is 3.04. The van der Waals surface area contributed by atoms with Crippen LogP contribution >= 0.6 is 23.2 Å². The molecule has 0 bridgehead atoms. The van der Waals surface area contributed by atoms with Crippen molar-refractivity contribution in [2.24, 2.45) is 0 Å². The van der Waals surface area contributed by atoms with Crippen LogP contribution in [0, 0.1) is 0 Å². The molecule has 0 spiro atoms. The van der Waals surface area contributed by atoms with E-state index in [-0.39, 0.29) is 6.04 Å². The van der Waals surface area contributed by atoms with Crippen molar-refractivity contribution >= 4 is 29.2 Å². The molecule has 0 unspecified atom stereocenters. The molecule has 5 heteroatoms. The van der Waals surface area contributed by atoms with Gasteiger partial charge in [-0.25, -0.2) is 0 Å². The van der Waals surface area contributed by atoms with Gasteiger partial charge in [-0.2, -0.15) is 0 Å². The number of carbonyl (C=O) groups is 1. The van der Waals surface area contributed by atoms with Crippen molar-refractivity contribution in [1.82, 2.24) is 4.90 Å². The molecule has 0 saturated carbocycles. The topological polar surface area (TPSA) is 40.5 Å². The first-order valence-electron chi connectivity index (χ1n) is 5.48. The number of carboxylic acid groups (broad SMARTS) is 1. The summed E-state index contributed by atoms with van der Waals surface area (Å²) in [5, 5.41) is 10.3. The van der Waals surface area contributed by atoms with Crippen molar-refractivity contribution in [3.05, 3.63) is 33.8 Å². The number of nitrogens with zero attached hydrogens (tertiary/aromatic N) is 1. The van der Waals surface area contributed by atoms with Crippen LogP contribution in [0.15, 0.2) is 18.2 Å². The number of hydrogen-bond donors (Lipinski definition) is 1. The van der Waals surface area contributed by atoms with Crippen molar-refractivity contribution in [1.29, 1.82) is 0 Å². The van der Waals surface area contributed by atoms with Gasteiger partial charge >= 0.3 is 5.97 Å². The Morgan fingerprint density at radius 1 is 1.47 bits per heavy atom. The third kappa shape index (κ3) is 2.92. The molecular weight excluding hydrogens is 261 g/mol. The van der Waals surface area contributed by atoms with E-state index in [1.165, 1.54) is 0 Å². The van der Waals surface area contributed by atoms with Crippen LogP contribution in [0.3, 0.4) is 0 Å². The van der Waals surface area contributed by atoms with E-state index in [0.29, 0.717) is 23.0 Å². The number of hydrogen-bond acceptors (Lipinski definition) is 2. The summed E-state index contributed by atoms with van der Waals surface area (Å²) in [5.74, 6) is -0.757. The third-order valence-electron chi connectivity index (χ3n) is 3.04. The van der Waals surface area contributed by atoms with Gasteiger partial charge in [-0.15, -0.1) is 0 Å². The maximum absolute atomic E-state index is 11.0. The minimum atomic E-state index is -0.757. The molecule has 0 amide bonds. The van der Waals surface area contributed by atoms with Crippen molar-refractivity contribution in [2.75, 3.05) is 6.54 Å². The quantitative estimate of drug-likeness (QED) is 0.921. The van der Waals surface area contributed by atoms with Crippen molar-refractivity contribution in [3.63, 3.8) is 0 Å². The first-order valence-corrected chi connectivity index (χ1v) is 6.24. The molecule has 1 aliphatic heterocycles. The Kier molecular flexibility index (Phi) is 3.92.